The van der Waals surface area contributed by atoms with Gasteiger partial charge in [0.1, 0.15) is 5.76 Å². The SMILES string of the molecule is O=C(CCc1ccco1)Nc1ccc(C(=O)N2CCC(C(=O)O)CC2)cc1. The number of carbonyl (C=O) groups is 3. The second kappa shape index (κ2) is 8.53. The molecule has 0 aliphatic carbocycles. The first-order valence-corrected chi connectivity index (χ1v) is 8.97. The molecular formula is C20H22N2O5. The smallest absolute Gasteiger partial charge is 0.306 e. The number of hydrogen-bond acceptors (Lipinski definition) is 4. The van der Waals surface area contributed by atoms with E-state index in [4.69, 9.17) is 9.52 Å². The standard InChI is InChI=1S/C20H22N2O5/c23-18(8-7-17-2-1-13-27-17)21-16-5-3-14(4-6-16)19(24)22-11-9-15(10-12-22)20(25)26/h1-6,13,15H,7-12H2,(H,21,23)(H,25,26). The van der Waals surface area contributed by atoms with Crippen LogP contribution in [0.25, 0.3) is 0 Å². The summed E-state index contributed by atoms with van der Waals surface area (Å²) in [6, 6.07) is 10.4. The lowest BCUT2D eigenvalue weighted by molar-refractivity contribution is -0.143. The average molecular weight is 370 g/mol. The van der Waals surface area contributed by atoms with Crippen LogP contribution in [0.2, 0.25) is 0 Å². The van der Waals surface area contributed by atoms with Crippen LogP contribution in [0.5, 0.6) is 0 Å². The number of carbonyl (C=O) groups excluding carboxylic acids is 2. The van der Waals surface area contributed by atoms with Crippen LogP contribution in [0.1, 0.15) is 35.4 Å². The van der Waals surface area contributed by atoms with Gasteiger partial charge in [0.25, 0.3) is 5.91 Å². The van der Waals surface area contributed by atoms with Gasteiger partial charge in [0.2, 0.25) is 5.91 Å². The molecule has 27 heavy (non-hydrogen) atoms. The largest absolute Gasteiger partial charge is 0.481 e. The second-order valence-electron chi connectivity index (χ2n) is 6.61. The zero-order valence-electron chi connectivity index (χ0n) is 14.9. The van der Waals surface area contributed by atoms with Crippen LogP contribution in [0.3, 0.4) is 0 Å². The van der Waals surface area contributed by atoms with Crippen LogP contribution in [-0.4, -0.2) is 40.9 Å². The zero-order chi connectivity index (χ0) is 19.2. The Kier molecular flexibility index (Phi) is 5.90. The predicted molar refractivity (Wildman–Crippen MR) is 98.4 cm³/mol. The van der Waals surface area contributed by atoms with E-state index in [9.17, 15) is 14.4 Å². The van der Waals surface area contributed by atoms with Crippen molar-refractivity contribution >= 4 is 23.5 Å². The number of aryl methyl sites for hydroxylation is 1. The van der Waals surface area contributed by atoms with E-state index in [1.807, 2.05) is 6.07 Å². The number of carboxylic acid groups (broad SMARTS) is 1. The number of furan rings is 1. The molecule has 0 radical (unpaired) electrons. The minimum Gasteiger partial charge on any atom is -0.481 e. The number of amides is 2. The Labute approximate surface area is 157 Å². The van der Waals surface area contributed by atoms with Gasteiger partial charge in [-0.05, 0) is 49.2 Å². The van der Waals surface area contributed by atoms with Gasteiger partial charge >= 0.3 is 5.97 Å². The van der Waals surface area contributed by atoms with Crippen molar-refractivity contribution in [3.63, 3.8) is 0 Å². The molecule has 0 saturated carbocycles. The van der Waals surface area contributed by atoms with Crippen LogP contribution in [0, 0.1) is 5.92 Å². The number of hydrogen-bond donors (Lipinski definition) is 2. The highest BCUT2D eigenvalue weighted by Crippen LogP contribution is 2.20. The van der Waals surface area contributed by atoms with Crippen LogP contribution < -0.4 is 5.32 Å². The first kappa shape index (κ1) is 18.7. The quantitative estimate of drug-likeness (QED) is 0.814. The highest BCUT2D eigenvalue weighted by Gasteiger charge is 2.27. The van der Waals surface area contributed by atoms with E-state index in [2.05, 4.69) is 5.32 Å². The molecule has 0 atom stereocenters. The Morgan fingerprint density at radius 3 is 2.41 bits per heavy atom. The third kappa shape index (κ3) is 4.97. The molecule has 2 heterocycles. The first-order chi connectivity index (χ1) is 13.0. The molecule has 1 saturated heterocycles. The normalized spacial score (nSPS) is 14.7. The second-order valence-corrected chi connectivity index (χ2v) is 6.61. The molecule has 1 aliphatic rings. The summed E-state index contributed by atoms with van der Waals surface area (Å²) in [6.07, 6.45) is 3.37. The predicted octanol–water partition coefficient (Wildman–Crippen LogP) is 2.79. The van der Waals surface area contributed by atoms with Gasteiger partial charge in [-0.3, -0.25) is 14.4 Å². The molecule has 3 rings (SSSR count). The molecule has 2 aromatic rings. The number of piperidine rings is 1. The van der Waals surface area contributed by atoms with E-state index in [-0.39, 0.29) is 17.7 Å². The molecule has 0 bridgehead atoms. The van der Waals surface area contributed by atoms with Gasteiger partial charge in [-0.1, -0.05) is 0 Å². The Morgan fingerprint density at radius 1 is 1.11 bits per heavy atom. The molecule has 1 aromatic heterocycles. The van der Waals surface area contributed by atoms with Crippen molar-refractivity contribution in [1.82, 2.24) is 4.90 Å². The summed E-state index contributed by atoms with van der Waals surface area (Å²) in [5.74, 6) is -0.643. The Morgan fingerprint density at radius 2 is 1.81 bits per heavy atom. The fourth-order valence-corrected chi connectivity index (χ4v) is 3.12. The molecule has 0 unspecified atom stereocenters. The number of benzene rings is 1. The van der Waals surface area contributed by atoms with Gasteiger partial charge in [-0.2, -0.15) is 0 Å². The number of aliphatic carboxylic acids is 1. The van der Waals surface area contributed by atoms with E-state index in [0.717, 1.165) is 5.76 Å². The number of nitrogens with one attached hydrogen (secondary N) is 1. The average Bonchev–Trinajstić information content (AvgIpc) is 3.20. The van der Waals surface area contributed by atoms with Gasteiger partial charge in [0.05, 0.1) is 12.2 Å². The van der Waals surface area contributed by atoms with E-state index in [1.54, 1.807) is 41.5 Å². The van der Waals surface area contributed by atoms with E-state index >= 15 is 0 Å². The molecule has 2 amide bonds. The molecule has 1 fully saturated rings. The highest BCUT2D eigenvalue weighted by molar-refractivity contribution is 5.96. The Bertz CT molecular complexity index is 790. The zero-order valence-corrected chi connectivity index (χ0v) is 14.9. The summed E-state index contributed by atoms with van der Waals surface area (Å²) in [7, 11) is 0. The van der Waals surface area contributed by atoms with Crippen LogP contribution >= 0.6 is 0 Å². The summed E-state index contributed by atoms with van der Waals surface area (Å²) in [6.45, 7) is 0.891. The van der Waals surface area contributed by atoms with Gasteiger partial charge in [-0.25, -0.2) is 0 Å². The van der Waals surface area contributed by atoms with Crippen molar-refractivity contribution in [3.05, 3.63) is 54.0 Å². The van der Waals surface area contributed by atoms with Gasteiger partial charge in [0.15, 0.2) is 0 Å². The number of likely N-dealkylation sites (tertiary alicyclic amines) is 1. The minimum atomic E-state index is -0.797. The molecule has 1 aliphatic heterocycles. The lowest BCUT2D eigenvalue weighted by Gasteiger charge is -2.30. The van der Waals surface area contributed by atoms with Crippen molar-refractivity contribution in [1.29, 1.82) is 0 Å². The molecule has 1 aromatic carbocycles. The van der Waals surface area contributed by atoms with Crippen molar-refractivity contribution in [2.45, 2.75) is 25.7 Å². The lowest BCUT2D eigenvalue weighted by atomic mass is 9.96. The molecule has 142 valence electrons. The monoisotopic (exact) mass is 370 g/mol. The van der Waals surface area contributed by atoms with Crippen LogP contribution in [0.15, 0.2) is 47.1 Å². The molecular weight excluding hydrogens is 348 g/mol. The van der Waals surface area contributed by atoms with E-state index < -0.39 is 5.97 Å². The van der Waals surface area contributed by atoms with Gasteiger partial charge < -0.3 is 19.7 Å². The minimum absolute atomic E-state index is 0.116. The van der Waals surface area contributed by atoms with Gasteiger partial charge in [0, 0.05) is 37.2 Å². The summed E-state index contributed by atoms with van der Waals surface area (Å²) in [5.41, 5.74) is 1.15. The van der Waals surface area contributed by atoms with E-state index in [1.165, 1.54) is 0 Å². The summed E-state index contributed by atoms with van der Waals surface area (Å²) in [4.78, 5) is 37.2. The maximum Gasteiger partial charge on any atom is 0.306 e. The first-order valence-electron chi connectivity index (χ1n) is 8.97. The maximum absolute atomic E-state index is 12.5. The van der Waals surface area contributed by atoms with Crippen molar-refractivity contribution in [3.8, 4) is 0 Å². The van der Waals surface area contributed by atoms with Gasteiger partial charge in [-0.15, -0.1) is 0 Å². The van der Waals surface area contributed by atoms with Crippen molar-refractivity contribution in [2.75, 3.05) is 18.4 Å². The van der Waals surface area contributed by atoms with Crippen molar-refractivity contribution in [2.24, 2.45) is 5.92 Å². The summed E-state index contributed by atoms with van der Waals surface area (Å²) >= 11 is 0. The molecule has 0 spiro atoms. The molecule has 2 N–H and O–H groups in total. The molecule has 7 nitrogen and oxygen atoms in total. The Hall–Kier alpha value is -3.09. The number of anilines is 1. The molecule has 7 heteroatoms. The Balaban J connectivity index is 1.50. The fraction of sp³-hybridized carbons (Fsp3) is 0.350. The number of carboxylic acids is 1. The fourth-order valence-electron chi connectivity index (χ4n) is 3.12. The lowest BCUT2D eigenvalue weighted by Crippen LogP contribution is -2.40. The van der Waals surface area contributed by atoms with Crippen LogP contribution in [0.4, 0.5) is 5.69 Å². The third-order valence-electron chi connectivity index (χ3n) is 4.73. The van der Waals surface area contributed by atoms with Crippen LogP contribution in [-0.2, 0) is 16.0 Å². The summed E-state index contributed by atoms with van der Waals surface area (Å²) < 4.78 is 5.20. The van der Waals surface area contributed by atoms with Crippen molar-refractivity contribution < 1.29 is 23.9 Å². The number of nitrogens with zero attached hydrogens (tertiary/aromatic N) is 1. The van der Waals surface area contributed by atoms with E-state index in [0.29, 0.717) is 50.0 Å². The highest BCUT2D eigenvalue weighted by atomic mass is 16.4. The summed E-state index contributed by atoms with van der Waals surface area (Å²) in [5, 5.41) is 11.8. The number of rotatable bonds is 6. The third-order valence-corrected chi connectivity index (χ3v) is 4.73. The topological polar surface area (TPSA) is 99.9 Å². The maximum atomic E-state index is 12.5.